The van der Waals surface area contributed by atoms with Gasteiger partial charge in [0.1, 0.15) is 17.1 Å². The number of aromatic nitrogens is 3. The van der Waals surface area contributed by atoms with Crippen LogP contribution >= 0.6 is 34.6 Å². The van der Waals surface area contributed by atoms with Gasteiger partial charge in [-0.05, 0) is 23.2 Å². The Morgan fingerprint density at radius 3 is 2.75 bits per heavy atom. The molecule has 0 aliphatic carbocycles. The zero-order chi connectivity index (χ0) is 22.1. The van der Waals surface area contributed by atoms with Crippen LogP contribution in [0.1, 0.15) is 11.4 Å². The molecule has 2 aromatic rings. The van der Waals surface area contributed by atoms with Gasteiger partial charge in [0.05, 0.1) is 17.4 Å². The van der Waals surface area contributed by atoms with Gasteiger partial charge in [0, 0.05) is 16.5 Å². The Hall–Kier alpha value is -2.30. The number of amides is 2. The molecule has 4 heterocycles. The molecule has 12 nitrogen and oxygen atoms in total. The Balaban J connectivity index is 0.00000289. The van der Waals surface area contributed by atoms with Crippen LogP contribution in [0, 0.1) is 0 Å². The summed E-state index contributed by atoms with van der Waals surface area (Å²) in [5, 5.41) is 32.8. The van der Waals surface area contributed by atoms with Gasteiger partial charge in [0.25, 0.3) is 11.8 Å². The number of hydrogen-bond acceptors (Lipinski definition) is 13. The number of carboxylic acids is 1. The molecule has 0 saturated carbocycles. The van der Waals surface area contributed by atoms with Crippen molar-refractivity contribution in [1.29, 1.82) is 0 Å². The fourth-order valence-electron chi connectivity index (χ4n) is 3.01. The van der Waals surface area contributed by atoms with Crippen LogP contribution in [-0.2, 0) is 14.4 Å². The first-order chi connectivity index (χ1) is 14.9. The van der Waals surface area contributed by atoms with E-state index in [9.17, 15) is 24.7 Å². The quantitative estimate of drug-likeness (QED) is 0.115. The number of nitrogens with zero attached hydrogens (tertiary/aromatic N) is 5. The molecule has 1 saturated heterocycles. The van der Waals surface area contributed by atoms with Gasteiger partial charge in [-0.25, -0.2) is 4.98 Å². The van der Waals surface area contributed by atoms with Gasteiger partial charge >= 0.3 is 29.6 Å². The van der Waals surface area contributed by atoms with E-state index in [4.69, 9.17) is 5.73 Å². The van der Waals surface area contributed by atoms with E-state index in [1.807, 2.05) is 0 Å². The molecule has 4 rings (SSSR count). The van der Waals surface area contributed by atoms with Gasteiger partial charge in [0.15, 0.2) is 10.8 Å². The van der Waals surface area contributed by atoms with E-state index in [-0.39, 0.29) is 51.8 Å². The Morgan fingerprint density at radius 2 is 2.16 bits per heavy atom. The predicted octanol–water partition coefficient (Wildman–Crippen LogP) is -4.12. The number of fused-ring (bicyclic) bond motifs is 1. The minimum atomic E-state index is -1.50. The van der Waals surface area contributed by atoms with Crippen molar-refractivity contribution in [1.82, 2.24) is 24.8 Å². The summed E-state index contributed by atoms with van der Waals surface area (Å²) in [6.45, 7) is 0. The van der Waals surface area contributed by atoms with Crippen LogP contribution in [0.15, 0.2) is 33.3 Å². The zero-order valence-electron chi connectivity index (χ0n) is 16.3. The number of aliphatic carboxylic acids is 1. The number of thioether (sulfide) groups is 1. The van der Waals surface area contributed by atoms with Gasteiger partial charge in [-0.3, -0.25) is 14.5 Å². The average Bonchev–Trinajstić information content (AvgIpc) is 3.42. The molecule has 160 valence electrons. The fraction of sp³-hybridized carbons (Fsp3) is 0.188. The second-order valence-electron chi connectivity index (χ2n) is 6.20. The Bertz CT molecular complexity index is 1150. The monoisotopic (exact) mass is 501 g/mol. The van der Waals surface area contributed by atoms with Crippen molar-refractivity contribution in [2.45, 2.75) is 11.4 Å². The van der Waals surface area contributed by atoms with Crippen molar-refractivity contribution in [3.63, 3.8) is 0 Å². The van der Waals surface area contributed by atoms with Gasteiger partial charge in [-0.2, -0.15) is 0 Å². The minimum absolute atomic E-state index is 0. The van der Waals surface area contributed by atoms with Crippen LogP contribution in [0.4, 0.5) is 5.13 Å². The van der Waals surface area contributed by atoms with Crippen molar-refractivity contribution in [2.24, 2.45) is 5.16 Å². The number of rotatable bonds is 6. The maximum absolute atomic E-state index is 12.7. The molecule has 1 fully saturated rings. The van der Waals surface area contributed by atoms with E-state index in [0.717, 1.165) is 27.8 Å². The molecule has 0 bridgehead atoms. The normalized spacial score (nSPS) is 20.6. The molecule has 0 spiro atoms. The number of carbonyl (C=O) groups excluding carboxylic acids is 3. The number of nitrogens with two attached hydrogens (primary N) is 1. The molecule has 4 N–H and O–H groups in total. The maximum atomic E-state index is 12.7. The van der Waals surface area contributed by atoms with Gasteiger partial charge in [-0.15, -0.1) is 28.2 Å². The molecule has 2 aromatic heterocycles. The molecular weight excluding hydrogens is 489 g/mol. The summed E-state index contributed by atoms with van der Waals surface area (Å²) in [4.78, 5) is 41.9. The molecular formula is C16H12N7NaO5S3. The maximum Gasteiger partial charge on any atom is 1.00 e. The van der Waals surface area contributed by atoms with E-state index >= 15 is 0 Å². The Labute approximate surface area is 214 Å². The number of nitrogen functional groups attached to an aromatic ring is 1. The number of hydrogen-bond donors (Lipinski definition) is 3. The van der Waals surface area contributed by atoms with E-state index in [2.05, 4.69) is 25.0 Å². The summed E-state index contributed by atoms with van der Waals surface area (Å²) in [7, 11) is 0. The van der Waals surface area contributed by atoms with Crippen molar-refractivity contribution >= 4 is 69.3 Å². The summed E-state index contributed by atoms with van der Waals surface area (Å²) < 4.78 is 3.72. The molecule has 2 aliphatic heterocycles. The number of thiazole rings is 1. The summed E-state index contributed by atoms with van der Waals surface area (Å²) >= 11 is 3.48. The van der Waals surface area contributed by atoms with Crippen molar-refractivity contribution in [3.8, 4) is 0 Å². The molecule has 2 amide bonds. The van der Waals surface area contributed by atoms with Crippen LogP contribution in [0.2, 0.25) is 0 Å². The second kappa shape index (κ2) is 10.1. The number of carbonyl (C=O) groups is 3. The third kappa shape index (κ3) is 4.57. The third-order valence-corrected chi connectivity index (χ3v) is 6.89. The summed E-state index contributed by atoms with van der Waals surface area (Å²) in [6, 6.07) is -1.01. The largest absolute Gasteiger partial charge is 1.00 e. The number of β-lactam (4-membered cyclic amide) rings is 1. The zero-order valence-corrected chi connectivity index (χ0v) is 20.7. The number of carboxylic acid groups (broad SMARTS) is 1. The topological polar surface area (TPSA) is 187 Å². The SMILES string of the molecule is Nc1nc(/C(=N/O)C(=O)NC2C(=O)N3C(C(=O)[O-])=C(/C=C\c4csnn4)CS[C@@H]23)cs1.[Na+]. The Kier molecular flexibility index (Phi) is 7.68. The van der Waals surface area contributed by atoms with Crippen LogP contribution in [0.3, 0.4) is 0 Å². The van der Waals surface area contributed by atoms with E-state index in [1.54, 1.807) is 17.5 Å². The van der Waals surface area contributed by atoms with Crippen molar-refractivity contribution in [3.05, 3.63) is 39.5 Å². The van der Waals surface area contributed by atoms with Crippen molar-refractivity contribution in [2.75, 3.05) is 11.5 Å². The summed E-state index contributed by atoms with van der Waals surface area (Å²) in [5.41, 5.74) is 5.85. The molecule has 0 aromatic carbocycles. The second-order valence-corrected chi connectivity index (χ2v) is 8.81. The van der Waals surface area contributed by atoms with E-state index in [1.165, 1.54) is 17.1 Å². The van der Waals surface area contributed by atoms with E-state index in [0.29, 0.717) is 11.3 Å². The van der Waals surface area contributed by atoms with Gasteiger partial charge in [-0.1, -0.05) is 15.7 Å². The van der Waals surface area contributed by atoms with Crippen LogP contribution in [-0.4, -0.2) is 65.3 Å². The predicted molar refractivity (Wildman–Crippen MR) is 111 cm³/mol. The standard InChI is InChI=1S/C16H13N7O5S3.Na/c17-16-18-8(5-30-16)9(21-28)12(24)19-10-13(25)23-11(15(26)27)6(3-29-14(10)23)1-2-7-4-31-22-20-7;/h1-2,4-5,10,14,28H,3H2,(H2,17,18)(H,19,24)(H,26,27);/q;+1/p-1/b2-1-,21-9-;/t10?,14-;/m0./s1. The smallest absolute Gasteiger partial charge is 0.543 e. The molecule has 2 aliphatic rings. The number of allylic oxidation sites excluding steroid dienone is 1. The molecule has 32 heavy (non-hydrogen) atoms. The van der Waals surface area contributed by atoms with Crippen LogP contribution in [0.5, 0.6) is 0 Å². The third-order valence-electron chi connectivity index (χ3n) is 4.39. The number of anilines is 1. The summed E-state index contributed by atoms with van der Waals surface area (Å²) in [6.07, 6.45) is 3.14. The first kappa shape index (κ1) is 24.3. The molecule has 16 heteroatoms. The summed E-state index contributed by atoms with van der Waals surface area (Å²) in [5.74, 6) is -2.70. The first-order valence-corrected chi connectivity index (χ1v) is 11.3. The Morgan fingerprint density at radius 1 is 1.38 bits per heavy atom. The number of oxime groups is 1. The fourth-order valence-corrected chi connectivity index (χ4v) is 5.30. The molecule has 0 radical (unpaired) electrons. The van der Waals surface area contributed by atoms with Gasteiger partial charge in [0.2, 0.25) is 0 Å². The molecule has 2 atom stereocenters. The van der Waals surface area contributed by atoms with Crippen LogP contribution in [0.25, 0.3) is 6.08 Å². The van der Waals surface area contributed by atoms with Crippen LogP contribution < -0.4 is 45.7 Å². The van der Waals surface area contributed by atoms with Gasteiger partial charge < -0.3 is 26.2 Å². The minimum Gasteiger partial charge on any atom is -0.543 e. The average molecular weight is 502 g/mol. The van der Waals surface area contributed by atoms with Crippen molar-refractivity contribution < 1.29 is 54.3 Å². The number of nitrogens with one attached hydrogen (secondary N) is 1. The van der Waals surface area contributed by atoms with E-state index < -0.39 is 34.9 Å². The molecule has 1 unspecified atom stereocenters. The first-order valence-electron chi connectivity index (χ1n) is 8.49.